The maximum Gasteiger partial charge on any atom is 0.139 e. The monoisotopic (exact) mass is 288 g/mol. The molecule has 1 fully saturated rings. The van der Waals surface area contributed by atoms with Crippen LogP contribution >= 0.6 is 11.3 Å². The second kappa shape index (κ2) is 5.75. The van der Waals surface area contributed by atoms with Gasteiger partial charge in [0, 0.05) is 43.5 Å². The zero-order valence-electron chi connectivity index (χ0n) is 11.2. The molecule has 6 heteroatoms. The van der Waals surface area contributed by atoms with Gasteiger partial charge in [-0.15, -0.1) is 11.3 Å². The van der Waals surface area contributed by atoms with Gasteiger partial charge in [0.25, 0.3) is 0 Å². The summed E-state index contributed by atoms with van der Waals surface area (Å²) in [7, 11) is 1.99. The summed E-state index contributed by atoms with van der Waals surface area (Å²) in [5.41, 5.74) is 0. The van der Waals surface area contributed by atoms with E-state index in [9.17, 15) is 0 Å². The number of nitrogens with one attached hydrogen (secondary N) is 1. The van der Waals surface area contributed by atoms with Crippen LogP contribution in [0.25, 0.3) is 0 Å². The van der Waals surface area contributed by atoms with Crippen molar-refractivity contribution in [2.75, 3.05) is 6.61 Å². The topological polar surface area (TPSA) is 62.9 Å². The molecule has 0 saturated carbocycles. The Morgan fingerprint density at radius 1 is 1.60 bits per heavy atom. The number of nitriles is 1. The standard InChI is InChI=1S/C14H16N4OS/c1-18-6-5-16-14(18)13-12(4-7-19-13)17-9-11-3-2-10(8-15)20-11/h2-3,5-6,12-13,17H,4,7,9H2,1H3/t12-,13-/m0/s1. The van der Waals surface area contributed by atoms with Crippen molar-refractivity contribution in [2.24, 2.45) is 7.05 Å². The molecule has 3 rings (SSSR count). The molecule has 0 amide bonds. The molecule has 0 unspecified atom stereocenters. The molecule has 5 nitrogen and oxygen atoms in total. The molecule has 0 aromatic carbocycles. The Morgan fingerprint density at radius 3 is 3.20 bits per heavy atom. The highest BCUT2D eigenvalue weighted by molar-refractivity contribution is 7.12. The third kappa shape index (κ3) is 2.61. The zero-order chi connectivity index (χ0) is 13.9. The van der Waals surface area contributed by atoms with E-state index in [0.29, 0.717) is 0 Å². The number of hydrogen-bond acceptors (Lipinski definition) is 5. The molecule has 1 N–H and O–H groups in total. The van der Waals surface area contributed by atoms with Crippen LogP contribution in [0.2, 0.25) is 0 Å². The number of rotatable bonds is 4. The Morgan fingerprint density at radius 2 is 2.50 bits per heavy atom. The predicted octanol–water partition coefficient (Wildman–Crippen LogP) is 1.97. The summed E-state index contributed by atoms with van der Waals surface area (Å²) >= 11 is 1.53. The predicted molar refractivity (Wildman–Crippen MR) is 76.2 cm³/mol. The van der Waals surface area contributed by atoms with Gasteiger partial charge in [0.2, 0.25) is 0 Å². The minimum atomic E-state index is 0.00500. The minimum Gasteiger partial charge on any atom is -0.369 e. The molecule has 0 radical (unpaired) electrons. The van der Waals surface area contributed by atoms with Crippen molar-refractivity contribution in [3.05, 3.63) is 40.1 Å². The van der Waals surface area contributed by atoms with Crippen molar-refractivity contribution in [3.63, 3.8) is 0 Å². The zero-order valence-corrected chi connectivity index (χ0v) is 12.1. The van der Waals surface area contributed by atoms with Crippen LogP contribution in [-0.4, -0.2) is 22.2 Å². The summed E-state index contributed by atoms with van der Waals surface area (Å²) < 4.78 is 7.81. The number of aryl methyl sites for hydroxylation is 1. The first-order valence-electron chi connectivity index (χ1n) is 6.59. The third-order valence-corrected chi connectivity index (χ3v) is 4.50. The molecule has 2 atom stereocenters. The number of ether oxygens (including phenoxy) is 1. The van der Waals surface area contributed by atoms with E-state index in [-0.39, 0.29) is 12.1 Å². The molecular weight excluding hydrogens is 272 g/mol. The Balaban J connectivity index is 1.65. The van der Waals surface area contributed by atoms with Crippen LogP contribution in [0.3, 0.4) is 0 Å². The van der Waals surface area contributed by atoms with E-state index in [1.54, 1.807) is 6.20 Å². The SMILES string of the molecule is Cn1ccnc1[C@H]1OCC[C@@H]1NCc1ccc(C#N)s1. The fourth-order valence-corrected chi connectivity index (χ4v) is 3.22. The second-order valence-electron chi connectivity index (χ2n) is 4.84. The largest absolute Gasteiger partial charge is 0.369 e. The lowest BCUT2D eigenvalue weighted by Crippen LogP contribution is -2.32. The van der Waals surface area contributed by atoms with Crippen LogP contribution < -0.4 is 5.32 Å². The Labute approximate surface area is 121 Å². The molecule has 104 valence electrons. The number of nitrogens with zero attached hydrogens (tertiary/aromatic N) is 3. The molecule has 0 bridgehead atoms. The molecule has 1 aliphatic heterocycles. The molecule has 3 heterocycles. The van der Waals surface area contributed by atoms with Crippen molar-refractivity contribution >= 4 is 11.3 Å². The fraction of sp³-hybridized carbons (Fsp3) is 0.429. The van der Waals surface area contributed by atoms with E-state index in [0.717, 1.165) is 30.3 Å². The maximum atomic E-state index is 8.84. The highest BCUT2D eigenvalue weighted by atomic mass is 32.1. The minimum absolute atomic E-state index is 0.00500. The van der Waals surface area contributed by atoms with Crippen molar-refractivity contribution in [2.45, 2.75) is 25.1 Å². The van der Waals surface area contributed by atoms with Crippen molar-refractivity contribution < 1.29 is 4.74 Å². The lowest BCUT2D eigenvalue weighted by Gasteiger charge is -2.19. The van der Waals surface area contributed by atoms with Gasteiger partial charge in [-0.1, -0.05) is 0 Å². The van der Waals surface area contributed by atoms with E-state index in [2.05, 4.69) is 16.4 Å². The Kier molecular flexibility index (Phi) is 3.83. The number of imidazole rings is 1. The van der Waals surface area contributed by atoms with Crippen LogP contribution in [0.4, 0.5) is 0 Å². The maximum absolute atomic E-state index is 8.84. The van der Waals surface area contributed by atoms with Gasteiger partial charge >= 0.3 is 0 Å². The van der Waals surface area contributed by atoms with E-state index in [1.165, 1.54) is 16.2 Å². The molecule has 20 heavy (non-hydrogen) atoms. The van der Waals surface area contributed by atoms with Crippen LogP contribution in [0, 0.1) is 11.3 Å². The van der Waals surface area contributed by atoms with Crippen molar-refractivity contribution in [1.29, 1.82) is 5.26 Å². The first-order chi connectivity index (χ1) is 9.78. The first kappa shape index (κ1) is 13.3. The summed E-state index contributed by atoms with van der Waals surface area (Å²) in [5, 5.41) is 12.4. The smallest absolute Gasteiger partial charge is 0.139 e. The average molecular weight is 288 g/mol. The summed E-state index contributed by atoms with van der Waals surface area (Å²) in [5.74, 6) is 0.962. The third-order valence-electron chi connectivity index (χ3n) is 3.51. The first-order valence-corrected chi connectivity index (χ1v) is 7.40. The van der Waals surface area contributed by atoms with Crippen LogP contribution in [0.1, 0.15) is 28.1 Å². The molecule has 0 aliphatic carbocycles. The lowest BCUT2D eigenvalue weighted by molar-refractivity contribution is 0.0893. The van der Waals surface area contributed by atoms with E-state index in [1.807, 2.05) is 29.9 Å². The lowest BCUT2D eigenvalue weighted by atomic mass is 10.1. The summed E-state index contributed by atoms with van der Waals surface area (Å²) in [6, 6.07) is 6.30. The Bertz CT molecular complexity index is 627. The number of thiophene rings is 1. The van der Waals surface area contributed by atoms with Crippen LogP contribution in [0.5, 0.6) is 0 Å². The van der Waals surface area contributed by atoms with Gasteiger partial charge in [0.1, 0.15) is 22.9 Å². The van der Waals surface area contributed by atoms with Gasteiger partial charge in [-0.25, -0.2) is 4.98 Å². The van der Waals surface area contributed by atoms with E-state index in [4.69, 9.17) is 10.00 Å². The molecule has 2 aromatic rings. The highest BCUT2D eigenvalue weighted by Gasteiger charge is 2.31. The van der Waals surface area contributed by atoms with Crippen molar-refractivity contribution in [3.8, 4) is 6.07 Å². The molecule has 1 saturated heterocycles. The van der Waals surface area contributed by atoms with Gasteiger partial charge in [-0.2, -0.15) is 5.26 Å². The van der Waals surface area contributed by atoms with Gasteiger partial charge in [0.15, 0.2) is 0 Å². The van der Waals surface area contributed by atoms with Crippen LogP contribution in [-0.2, 0) is 18.3 Å². The van der Waals surface area contributed by atoms with Gasteiger partial charge in [-0.05, 0) is 18.6 Å². The Hall–Kier alpha value is -1.68. The second-order valence-corrected chi connectivity index (χ2v) is 6.01. The van der Waals surface area contributed by atoms with Gasteiger partial charge in [0.05, 0.1) is 0 Å². The number of aromatic nitrogens is 2. The summed E-state index contributed by atoms with van der Waals surface area (Å²) in [6.07, 6.45) is 4.72. The quantitative estimate of drug-likeness (QED) is 0.934. The van der Waals surface area contributed by atoms with E-state index >= 15 is 0 Å². The molecule has 1 aliphatic rings. The molecule has 0 spiro atoms. The number of hydrogen-bond donors (Lipinski definition) is 1. The van der Waals surface area contributed by atoms with Crippen molar-refractivity contribution in [1.82, 2.24) is 14.9 Å². The van der Waals surface area contributed by atoms with E-state index < -0.39 is 0 Å². The fourth-order valence-electron chi connectivity index (χ4n) is 2.47. The summed E-state index contributed by atoms with van der Waals surface area (Å²) in [6.45, 7) is 1.52. The highest BCUT2D eigenvalue weighted by Crippen LogP contribution is 2.28. The van der Waals surface area contributed by atoms with Gasteiger partial charge < -0.3 is 14.6 Å². The van der Waals surface area contributed by atoms with Crippen LogP contribution in [0.15, 0.2) is 24.5 Å². The normalized spacial score (nSPS) is 22.0. The molecular formula is C14H16N4OS. The average Bonchev–Trinajstić information content (AvgIpc) is 3.15. The molecule has 2 aromatic heterocycles. The van der Waals surface area contributed by atoms with Gasteiger partial charge in [-0.3, -0.25) is 0 Å². The summed E-state index contributed by atoms with van der Waals surface area (Å²) in [4.78, 5) is 6.31.